The number of sulfone groups is 1. The van der Waals surface area contributed by atoms with E-state index in [0.29, 0.717) is 6.54 Å². The van der Waals surface area contributed by atoms with Crippen molar-refractivity contribution in [1.29, 1.82) is 0 Å². The Bertz CT molecular complexity index is 681. The van der Waals surface area contributed by atoms with E-state index in [4.69, 9.17) is 9.47 Å². The number of rotatable bonds is 4. The summed E-state index contributed by atoms with van der Waals surface area (Å²) in [6.45, 7) is 2.58. The highest BCUT2D eigenvalue weighted by atomic mass is 32.2. The molecular formula is C15H19NO4S. The topological polar surface area (TPSA) is 64.6 Å². The zero-order chi connectivity index (χ0) is 15.0. The largest absolute Gasteiger partial charge is 0.496 e. The maximum atomic E-state index is 11.4. The molecule has 1 aromatic carbocycles. The van der Waals surface area contributed by atoms with Gasteiger partial charge in [-0.25, -0.2) is 8.42 Å². The minimum atomic E-state index is -3.03. The van der Waals surface area contributed by atoms with Crippen LogP contribution < -0.4 is 14.8 Å². The summed E-state index contributed by atoms with van der Waals surface area (Å²) in [7, 11) is -1.39. The highest BCUT2D eigenvalue weighted by Gasteiger charge is 2.24. The predicted octanol–water partition coefficient (Wildman–Crippen LogP) is 1.42. The third-order valence-electron chi connectivity index (χ3n) is 3.78. The Labute approximate surface area is 124 Å². The molecule has 114 valence electrons. The molecule has 3 rings (SSSR count). The van der Waals surface area contributed by atoms with Crippen LogP contribution in [0.4, 0.5) is 0 Å². The first-order valence-corrected chi connectivity index (χ1v) is 8.69. The van der Waals surface area contributed by atoms with Gasteiger partial charge in [0, 0.05) is 35.5 Å². The first kappa shape index (κ1) is 14.4. The number of nitrogens with one attached hydrogen (secondary N) is 1. The van der Waals surface area contributed by atoms with Crippen molar-refractivity contribution in [2.24, 2.45) is 0 Å². The monoisotopic (exact) mass is 309 g/mol. The SMILES string of the molecule is COc1cc2c(cc1CNC1C=CS(=O)(=O)C1)OC(C)C2. The average Bonchev–Trinajstić information content (AvgIpc) is 2.95. The smallest absolute Gasteiger partial charge is 0.173 e. The Kier molecular flexibility index (Phi) is 3.67. The molecule has 5 nitrogen and oxygen atoms in total. The molecule has 2 aliphatic rings. The van der Waals surface area contributed by atoms with Gasteiger partial charge in [-0.1, -0.05) is 6.08 Å². The number of hydrogen-bond donors (Lipinski definition) is 1. The van der Waals surface area contributed by atoms with Crippen LogP contribution in [0, 0.1) is 0 Å². The van der Waals surface area contributed by atoms with Crippen molar-refractivity contribution >= 4 is 9.84 Å². The molecule has 2 unspecified atom stereocenters. The molecule has 0 fully saturated rings. The molecule has 0 saturated carbocycles. The molecule has 0 radical (unpaired) electrons. The summed E-state index contributed by atoms with van der Waals surface area (Å²) in [6.07, 6.45) is 2.77. The van der Waals surface area contributed by atoms with Crippen molar-refractivity contribution in [3.63, 3.8) is 0 Å². The number of fused-ring (bicyclic) bond motifs is 1. The summed E-state index contributed by atoms with van der Waals surface area (Å²) in [5.41, 5.74) is 2.13. The summed E-state index contributed by atoms with van der Waals surface area (Å²) in [5, 5.41) is 4.50. The molecule has 1 N–H and O–H groups in total. The van der Waals surface area contributed by atoms with Gasteiger partial charge in [-0.15, -0.1) is 0 Å². The van der Waals surface area contributed by atoms with E-state index in [2.05, 4.69) is 5.32 Å². The third kappa shape index (κ3) is 3.06. The Morgan fingerprint density at radius 3 is 2.90 bits per heavy atom. The Morgan fingerprint density at radius 2 is 2.24 bits per heavy atom. The number of hydrogen-bond acceptors (Lipinski definition) is 5. The highest BCUT2D eigenvalue weighted by molar-refractivity contribution is 7.94. The van der Waals surface area contributed by atoms with Crippen molar-refractivity contribution in [1.82, 2.24) is 5.32 Å². The lowest BCUT2D eigenvalue weighted by Crippen LogP contribution is -2.29. The van der Waals surface area contributed by atoms with Gasteiger partial charge >= 0.3 is 0 Å². The maximum Gasteiger partial charge on any atom is 0.173 e. The fourth-order valence-electron chi connectivity index (χ4n) is 2.75. The van der Waals surface area contributed by atoms with Crippen LogP contribution in [0.5, 0.6) is 11.5 Å². The van der Waals surface area contributed by atoms with Crippen molar-refractivity contribution < 1.29 is 17.9 Å². The van der Waals surface area contributed by atoms with E-state index in [1.807, 2.05) is 19.1 Å². The number of ether oxygens (including phenoxy) is 2. The normalized spacial score (nSPS) is 25.6. The Morgan fingerprint density at radius 1 is 1.43 bits per heavy atom. The minimum Gasteiger partial charge on any atom is -0.496 e. The Hall–Kier alpha value is -1.53. The first-order valence-electron chi connectivity index (χ1n) is 6.97. The van der Waals surface area contributed by atoms with E-state index in [-0.39, 0.29) is 17.9 Å². The van der Waals surface area contributed by atoms with Gasteiger partial charge in [0.2, 0.25) is 0 Å². The van der Waals surface area contributed by atoms with E-state index >= 15 is 0 Å². The van der Waals surface area contributed by atoms with Crippen LogP contribution in [0.2, 0.25) is 0 Å². The van der Waals surface area contributed by atoms with Gasteiger partial charge in [-0.05, 0) is 19.1 Å². The summed E-state index contributed by atoms with van der Waals surface area (Å²) in [5.74, 6) is 1.83. The lowest BCUT2D eigenvalue weighted by atomic mass is 10.1. The van der Waals surface area contributed by atoms with Crippen molar-refractivity contribution in [3.05, 3.63) is 34.7 Å². The summed E-state index contributed by atoms with van der Waals surface area (Å²) in [6, 6.07) is 3.85. The van der Waals surface area contributed by atoms with Gasteiger partial charge in [0.15, 0.2) is 9.84 Å². The van der Waals surface area contributed by atoms with Gasteiger partial charge in [-0.2, -0.15) is 0 Å². The lowest BCUT2D eigenvalue weighted by molar-refractivity contribution is 0.254. The van der Waals surface area contributed by atoms with Crippen LogP contribution in [-0.4, -0.2) is 33.4 Å². The zero-order valence-corrected chi connectivity index (χ0v) is 12.9. The van der Waals surface area contributed by atoms with Crippen molar-refractivity contribution in [3.8, 4) is 11.5 Å². The van der Waals surface area contributed by atoms with Gasteiger partial charge < -0.3 is 14.8 Å². The van der Waals surface area contributed by atoms with Gasteiger partial charge in [0.25, 0.3) is 0 Å². The second kappa shape index (κ2) is 5.35. The first-order chi connectivity index (χ1) is 9.97. The van der Waals surface area contributed by atoms with Crippen LogP contribution in [0.25, 0.3) is 0 Å². The van der Waals surface area contributed by atoms with Crippen LogP contribution in [0.3, 0.4) is 0 Å². The van der Waals surface area contributed by atoms with E-state index in [0.717, 1.165) is 29.0 Å². The van der Waals surface area contributed by atoms with Crippen LogP contribution in [0.15, 0.2) is 23.6 Å². The molecule has 21 heavy (non-hydrogen) atoms. The molecule has 6 heteroatoms. The highest BCUT2D eigenvalue weighted by Crippen LogP contribution is 2.35. The second-order valence-corrected chi connectivity index (χ2v) is 7.48. The molecule has 2 heterocycles. The van der Waals surface area contributed by atoms with Gasteiger partial charge in [-0.3, -0.25) is 0 Å². The third-order valence-corrected chi connectivity index (χ3v) is 5.18. The minimum absolute atomic E-state index is 0.119. The second-order valence-electron chi connectivity index (χ2n) is 5.55. The molecule has 0 bridgehead atoms. The molecule has 1 aromatic rings. The standard InChI is InChI=1S/C15H19NO4S/c1-10-5-11-6-14(19-2)12(7-15(11)20-10)8-16-13-3-4-21(17,18)9-13/h3-4,6-7,10,13,16H,5,8-9H2,1-2H3. The van der Waals surface area contributed by atoms with Gasteiger partial charge in [0.05, 0.1) is 12.9 Å². The summed E-state index contributed by atoms with van der Waals surface area (Å²) >= 11 is 0. The van der Waals surface area contributed by atoms with Crippen LogP contribution in [0.1, 0.15) is 18.1 Å². The molecule has 0 saturated heterocycles. The van der Waals surface area contributed by atoms with Gasteiger partial charge in [0.1, 0.15) is 17.6 Å². The van der Waals surface area contributed by atoms with Crippen molar-refractivity contribution in [2.45, 2.75) is 32.0 Å². The van der Waals surface area contributed by atoms with E-state index in [1.165, 1.54) is 5.41 Å². The Balaban J connectivity index is 1.74. The summed E-state index contributed by atoms with van der Waals surface area (Å²) < 4.78 is 34.0. The fraction of sp³-hybridized carbons (Fsp3) is 0.467. The number of methoxy groups -OCH3 is 1. The van der Waals surface area contributed by atoms with E-state index in [9.17, 15) is 8.42 Å². The summed E-state index contributed by atoms with van der Waals surface area (Å²) in [4.78, 5) is 0. The quantitative estimate of drug-likeness (QED) is 0.911. The van der Waals surface area contributed by atoms with E-state index < -0.39 is 9.84 Å². The van der Waals surface area contributed by atoms with Crippen LogP contribution in [-0.2, 0) is 22.8 Å². The predicted molar refractivity (Wildman–Crippen MR) is 80.3 cm³/mol. The zero-order valence-electron chi connectivity index (χ0n) is 12.1. The maximum absolute atomic E-state index is 11.4. The molecule has 0 amide bonds. The van der Waals surface area contributed by atoms with Crippen LogP contribution >= 0.6 is 0 Å². The van der Waals surface area contributed by atoms with E-state index in [1.54, 1.807) is 13.2 Å². The molecule has 0 aliphatic carbocycles. The molecule has 0 spiro atoms. The molecule has 2 aliphatic heterocycles. The molecule has 0 aromatic heterocycles. The molecular weight excluding hydrogens is 290 g/mol. The fourth-order valence-corrected chi connectivity index (χ4v) is 4.02. The molecule has 2 atom stereocenters. The average molecular weight is 309 g/mol. The lowest BCUT2D eigenvalue weighted by Gasteiger charge is -2.14. The number of benzene rings is 1. The van der Waals surface area contributed by atoms with Crippen molar-refractivity contribution in [2.75, 3.05) is 12.9 Å².